The summed E-state index contributed by atoms with van der Waals surface area (Å²) in [6.07, 6.45) is 0.953. The van der Waals surface area contributed by atoms with Crippen LogP contribution in [0, 0.1) is 13.8 Å². The molecule has 0 bridgehead atoms. The Bertz CT molecular complexity index is 593. The third-order valence-electron chi connectivity index (χ3n) is 2.91. The zero-order chi connectivity index (χ0) is 14.0. The largest absolute Gasteiger partial charge is 0.491 e. The maximum atomic E-state index is 5.92. The maximum Gasteiger partial charge on any atom is 0.144 e. The van der Waals surface area contributed by atoms with Crippen LogP contribution in [0.5, 0.6) is 5.75 Å². The van der Waals surface area contributed by atoms with Gasteiger partial charge in [-0.1, -0.05) is 6.92 Å². The average Bonchev–Trinajstić information content (AvgIpc) is 2.66. The van der Waals surface area contributed by atoms with Crippen molar-refractivity contribution in [3.63, 3.8) is 0 Å². The van der Waals surface area contributed by atoms with E-state index < -0.39 is 0 Å². The summed E-state index contributed by atoms with van der Waals surface area (Å²) in [6.45, 7) is 6.72. The molecule has 0 spiro atoms. The molecule has 1 aromatic heterocycles. The lowest BCUT2D eigenvalue weighted by Gasteiger charge is -2.11. The molecule has 0 atom stereocenters. The molecule has 0 radical (unpaired) electrons. The second-order valence-electron chi connectivity index (χ2n) is 4.47. The second kappa shape index (κ2) is 5.65. The summed E-state index contributed by atoms with van der Waals surface area (Å²) >= 11 is 3.53. The van der Waals surface area contributed by atoms with Gasteiger partial charge in [0.15, 0.2) is 0 Å². The lowest BCUT2D eigenvalue weighted by molar-refractivity contribution is 0.319. The highest BCUT2D eigenvalue weighted by molar-refractivity contribution is 9.10. The number of hydrogen-bond donors (Lipinski definition) is 1. The first kappa shape index (κ1) is 13.9. The Labute approximate surface area is 121 Å². The summed E-state index contributed by atoms with van der Waals surface area (Å²) in [5.74, 6) is 0.711. The predicted molar refractivity (Wildman–Crippen MR) is 80.9 cm³/mol. The van der Waals surface area contributed by atoms with Gasteiger partial charge in [0.1, 0.15) is 5.75 Å². The van der Waals surface area contributed by atoms with Gasteiger partial charge < -0.3 is 10.5 Å². The number of benzene rings is 1. The quantitative estimate of drug-likeness (QED) is 0.874. The molecule has 4 nitrogen and oxygen atoms in total. The highest BCUT2D eigenvalue weighted by atomic mass is 79.9. The third-order valence-corrected chi connectivity index (χ3v) is 4.05. The van der Waals surface area contributed by atoms with Gasteiger partial charge >= 0.3 is 0 Å². The van der Waals surface area contributed by atoms with E-state index in [1.165, 1.54) is 0 Å². The number of halogens is 1. The van der Waals surface area contributed by atoms with Crippen LogP contribution in [0.2, 0.25) is 0 Å². The van der Waals surface area contributed by atoms with E-state index in [2.05, 4.69) is 28.0 Å². The molecule has 19 heavy (non-hydrogen) atoms. The average molecular weight is 324 g/mol. The van der Waals surface area contributed by atoms with Crippen LogP contribution in [0.4, 0.5) is 5.69 Å². The molecular formula is C14H18BrN3O. The number of nitrogens with two attached hydrogens (primary N) is 1. The SMILES string of the molecule is CCCOc1cc(-n2nc(C)c(Br)c2C)ccc1N. The van der Waals surface area contributed by atoms with E-state index >= 15 is 0 Å². The van der Waals surface area contributed by atoms with Crippen molar-refractivity contribution in [2.45, 2.75) is 27.2 Å². The van der Waals surface area contributed by atoms with E-state index in [1.807, 2.05) is 36.7 Å². The number of aromatic nitrogens is 2. The monoisotopic (exact) mass is 323 g/mol. The first-order valence-electron chi connectivity index (χ1n) is 6.29. The van der Waals surface area contributed by atoms with Crippen LogP contribution in [0.15, 0.2) is 22.7 Å². The molecule has 0 aliphatic rings. The number of nitrogens with zero attached hydrogens (tertiary/aromatic N) is 2. The van der Waals surface area contributed by atoms with Gasteiger partial charge in [-0.25, -0.2) is 4.68 Å². The summed E-state index contributed by atoms with van der Waals surface area (Å²) in [5, 5.41) is 4.50. The molecule has 0 saturated carbocycles. The van der Waals surface area contributed by atoms with E-state index in [0.717, 1.165) is 28.0 Å². The van der Waals surface area contributed by atoms with Crippen molar-refractivity contribution in [1.29, 1.82) is 0 Å². The summed E-state index contributed by atoms with van der Waals surface area (Å²) in [4.78, 5) is 0. The minimum Gasteiger partial charge on any atom is -0.491 e. The van der Waals surface area contributed by atoms with Crippen molar-refractivity contribution in [1.82, 2.24) is 9.78 Å². The van der Waals surface area contributed by atoms with Gasteiger partial charge in [0, 0.05) is 6.07 Å². The zero-order valence-corrected chi connectivity index (χ0v) is 13.0. The van der Waals surface area contributed by atoms with Crippen LogP contribution in [-0.4, -0.2) is 16.4 Å². The zero-order valence-electron chi connectivity index (χ0n) is 11.4. The summed E-state index contributed by atoms with van der Waals surface area (Å²) in [7, 11) is 0. The van der Waals surface area contributed by atoms with Crippen LogP contribution in [0.3, 0.4) is 0 Å². The van der Waals surface area contributed by atoms with Crippen LogP contribution >= 0.6 is 15.9 Å². The van der Waals surface area contributed by atoms with E-state index in [4.69, 9.17) is 10.5 Å². The molecule has 0 fully saturated rings. The molecule has 1 aromatic carbocycles. The second-order valence-corrected chi connectivity index (χ2v) is 5.26. The van der Waals surface area contributed by atoms with E-state index in [1.54, 1.807) is 0 Å². The lowest BCUT2D eigenvalue weighted by atomic mass is 10.2. The minimum absolute atomic E-state index is 0.651. The van der Waals surface area contributed by atoms with Crippen molar-refractivity contribution < 1.29 is 4.74 Å². The van der Waals surface area contributed by atoms with Crippen molar-refractivity contribution in [3.8, 4) is 11.4 Å². The first-order chi connectivity index (χ1) is 9.04. The Balaban J connectivity index is 2.42. The Morgan fingerprint density at radius 1 is 1.37 bits per heavy atom. The number of rotatable bonds is 4. The smallest absolute Gasteiger partial charge is 0.144 e. The molecule has 1 heterocycles. The molecular weight excluding hydrogens is 306 g/mol. The van der Waals surface area contributed by atoms with E-state index in [9.17, 15) is 0 Å². The molecule has 0 amide bonds. The van der Waals surface area contributed by atoms with Gasteiger partial charge in [0.05, 0.1) is 33.8 Å². The number of aryl methyl sites for hydroxylation is 1. The van der Waals surface area contributed by atoms with Crippen molar-refractivity contribution in [2.75, 3.05) is 12.3 Å². The molecule has 0 aliphatic carbocycles. The van der Waals surface area contributed by atoms with Gasteiger partial charge in [0.2, 0.25) is 0 Å². The molecule has 5 heteroatoms. The fourth-order valence-electron chi connectivity index (χ4n) is 1.87. The molecule has 2 N–H and O–H groups in total. The predicted octanol–water partition coefficient (Wildman–Crippen LogP) is 3.62. The van der Waals surface area contributed by atoms with Gasteiger partial charge in [0.25, 0.3) is 0 Å². The van der Waals surface area contributed by atoms with E-state index in [-0.39, 0.29) is 0 Å². The third kappa shape index (κ3) is 2.76. The lowest BCUT2D eigenvalue weighted by Crippen LogP contribution is -2.03. The Morgan fingerprint density at radius 2 is 2.11 bits per heavy atom. The molecule has 2 aromatic rings. The Morgan fingerprint density at radius 3 is 2.68 bits per heavy atom. The van der Waals surface area contributed by atoms with Crippen LogP contribution in [0.25, 0.3) is 5.69 Å². The molecule has 0 saturated heterocycles. The standard InChI is InChI=1S/C14H18BrN3O/c1-4-7-19-13-8-11(5-6-12(13)16)18-10(3)14(15)9(2)17-18/h5-6,8H,4,7,16H2,1-3H3. The highest BCUT2D eigenvalue weighted by Crippen LogP contribution is 2.28. The molecule has 102 valence electrons. The number of ether oxygens (including phenoxy) is 1. The van der Waals surface area contributed by atoms with Crippen molar-refractivity contribution in [2.24, 2.45) is 0 Å². The Kier molecular flexibility index (Phi) is 4.14. The number of nitrogen functional groups attached to an aromatic ring is 1. The molecule has 0 aliphatic heterocycles. The van der Waals surface area contributed by atoms with Gasteiger partial charge in [-0.2, -0.15) is 5.10 Å². The normalized spacial score (nSPS) is 10.7. The number of hydrogen-bond acceptors (Lipinski definition) is 3. The van der Waals surface area contributed by atoms with Crippen LogP contribution in [0.1, 0.15) is 24.7 Å². The van der Waals surface area contributed by atoms with Gasteiger partial charge in [-0.05, 0) is 48.3 Å². The number of anilines is 1. The minimum atomic E-state index is 0.651. The highest BCUT2D eigenvalue weighted by Gasteiger charge is 2.11. The van der Waals surface area contributed by atoms with Gasteiger partial charge in [-0.15, -0.1) is 0 Å². The molecule has 0 unspecified atom stereocenters. The van der Waals surface area contributed by atoms with E-state index in [0.29, 0.717) is 18.0 Å². The maximum absolute atomic E-state index is 5.92. The first-order valence-corrected chi connectivity index (χ1v) is 7.08. The Hall–Kier alpha value is -1.49. The summed E-state index contributed by atoms with van der Waals surface area (Å²) < 4.78 is 8.56. The van der Waals surface area contributed by atoms with Gasteiger partial charge in [-0.3, -0.25) is 0 Å². The molecule has 2 rings (SSSR count). The van der Waals surface area contributed by atoms with Crippen molar-refractivity contribution in [3.05, 3.63) is 34.1 Å². The van der Waals surface area contributed by atoms with Crippen molar-refractivity contribution >= 4 is 21.6 Å². The topological polar surface area (TPSA) is 53.1 Å². The summed E-state index contributed by atoms with van der Waals surface area (Å²) in [5.41, 5.74) is 9.54. The van der Waals surface area contributed by atoms with Crippen LogP contribution in [-0.2, 0) is 0 Å². The fraction of sp³-hybridized carbons (Fsp3) is 0.357. The summed E-state index contributed by atoms with van der Waals surface area (Å²) in [6, 6.07) is 5.72. The fourth-order valence-corrected chi connectivity index (χ4v) is 2.11. The van der Waals surface area contributed by atoms with Crippen LogP contribution < -0.4 is 10.5 Å².